The minimum atomic E-state index is -0.812. The van der Waals surface area contributed by atoms with Crippen LogP contribution in [0.3, 0.4) is 0 Å². The lowest BCUT2D eigenvalue weighted by Gasteiger charge is -2.12. The number of halogens is 3. The number of allylic oxidation sites excluding steroid dienone is 2. The van der Waals surface area contributed by atoms with E-state index in [1.807, 2.05) is 0 Å². The third-order valence-corrected chi connectivity index (χ3v) is 3.27. The monoisotopic (exact) mass is 300 g/mol. The standard InChI is InChI=1S/C13H11BrF2O/c14-9-6-10(15)12(11(16)7-9)13(17)8-4-2-1-3-5-8/h4,6-7H,1-3,5H2. The van der Waals surface area contributed by atoms with Gasteiger partial charge in [-0.25, -0.2) is 8.78 Å². The fraction of sp³-hybridized carbons (Fsp3) is 0.308. The van der Waals surface area contributed by atoms with Crippen molar-refractivity contribution in [3.8, 4) is 0 Å². The summed E-state index contributed by atoms with van der Waals surface area (Å²) < 4.78 is 27.5. The summed E-state index contributed by atoms with van der Waals surface area (Å²) in [6.45, 7) is 0. The Labute approximate surface area is 107 Å². The molecule has 0 saturated heterocycles. The Bertz CT molecular complexity index is 471. The molecule has 4 heteroatoms. The maximum atomic E-state index is 13.6. The van der Waals surface area contributed by atoms with Crippen molar-refractivity contribution in [2.24, 2.45) is 0 Å². The van der Waals surface area contributed by atoms with E-state index in [2.05, 4.69) is 15.9 Å². The topological polar surface area (TPSA) is 17.1 Å². The van der Waals surface area contributed by atoms with Crippen LogP contribution in [0.25, 0.3) is 0 Å². The second-order valence-corrected chi connectivity index (χ2v) is 4.96. The largest absolute Gasteiger partial charge is 0.289 e. The van der Waals surface area contributed by atoms with Crippen LogP contribution in [-0.2, 0) is 0 Å². The summed E-state index contributed by atoms with van der Waals surface area (Å²) in [5.41, 5.74) is 0.0812. The molecule has 0 saturated carbocycles. The highest BCUT2D eigenvalue weighted by atomic mass is 79.9. The number of rotatable bonds is 2. The highest BCUT2D eigenvalue weighted by Gasteiger charge is 2.22. The number of hydrogen-bond acceptors (Lipinski definition) is 1. The first kappa shape index (κ1) is 12.4. The lowest BCUT2D eigenvalue weighted by molar-refractivity contribution is 0.102. The SMILES string of the molecule is O=C(C1=CCCCC1)c1c(F)cc(Br)cc1F. The molecule has 2 rings (SSSR count). The maximum Gasteiger partial charge on any atom is 0.194 e. The molecule has 0 aliphatic heterocycles. The van der Waals surface area contributed by atoms with Gasteiger partial charge in [0.25, 0.3) is 0 Å². The predicted octanol–water partition coefficient (Wildman–Crippen LogP) is 4.41. The van der Waals surface area contributed by atoms with Crippen molar-refractivity contribution >= 4 is 21.7 Å². The highest BCUT2D eigenvalue weighted by molar-refractivity contribution is 9.10. The molecule has 0 heterocycles. The molecule has 1 aliphatic carbocycles. The van der Waals surface area contributed by atoms with Crippen LogP contribution >= 0.6 is 15.9 Å². The van der Waals surface area contributed by atoms with Crippen LogP contribution in [0.4, 0.5) is 8.78 Å². The molecule has 0 N–H and O–H groups in total. The lowest BCUT2D eigenvalue weighted by atomic mass is 9.92. The zero-order valence-electron chi connectivity index (χ0n) is 9.10. The van der Waals surface area contributed by atoms with Gasteiger partial charge in [0.05, 0.1) is 5.56 Å². The van der Waals surface area contributed by atoms with Gasteiger partial charge < -0.3 is 0 Å². The first-order chi connectivity index (χ1) is 8.09. The smallest absolute Gasteiger partial charge is 0.194 e. The third kappa shape index (κ3) is 2.63. The molecule has 90 valence electrons. The van der Waals surface area contributed by atoms with Crippen LogP contribution in [0.15, 0.2) is 28.3 Å². The van der Waals surface area contributed by atoms with Crippen molar-refractivity contribution < 1.29 is 13.6 Å². The Hall–Kier alpha value is -1.03. The predicted molar refractivity (Wildman–Crippen MR) is 64.9 cm³/mol. The summed E-state index contributed by atoms with van der Waals surface area (Å²) in [4.78, 5) is 12.0. The van der Waals surface area contributed by atoms with Crippen LogP contribution in [0.2, 0.25) is 0 Å². The molecule has 0 aromatic heterocycles. The van der Waals surface area contributed by atoms with Crippen LogP contribution < -0.4 is 0 Å². The molecule has 0 bridgehead atoms. The third-order valence-electron chi connectivity index (χ3n) is 2.82. The van der Waals surface area contributed by atoms with Crippen molar-refractivity contribution in [2.45, 2.75) is 25.7 Å². The van der Waals surface area contributed by atoms with Gasteiger partial charge in [-0.1, -0.05) is 22.0 Å². The number of carbonyl (C=O) groups excluding carboxylic acids is 1. The number of ketones is 1. The minimum absolute atomic E-state index is 0.293. The van der Waals surface area contributed by atoms with E-state index < -0.39 is 23.0 Å². The van der Waals surface area contributed by atoms with Gasteiger partial charge in [-0.2, -0.15) is 0 Å². The van der Waals surface area contributed by atoms with Gasteiger partial charge in [0.1, 0.15) is 11.6 Å². The number of carbonyl (C=O) groups is 1. The Balaban J connectivity index is 2.40. The summed E-state index contributed by atoms with van der Waals surface area (Å²) >= 11 is 2.99. The van der Waals surface area contributed by atoms with Crippen molar-refractivity contribution in [2.75, 3.05) is 0 Å². The highest BCUT2D eigenvalue weighted by Crippen LogP contribution is 2.26. The molecule has 0 spiro atoms. The first-order valence-electron chi connectivity index (χ1n) is 5.48. The molecule has 0 amide bonds. The first-order valence-corrected chi connectivity index (χ1v) is 6.27. The molecule has 1 aromatic carbocycles. The van der Waals surface area contributed by atoms with Crippen molar-refractivity contribution in [3.05, 3.63) is 45.5 Å². The zero-order chi connectivity index (χ0) is 12.4. The molecular formula is C13H11BrF2O. The molecule has 1 aliphatic rings. The van der Waals surface area contributed by atoms with Gasteiger partial charge in [0.2, 0.25) is 0 Å². The van der Waals surface area contributed by atoms with E-state index in [0.717, 1.165) is 31.4 Å². The van der Waals surface area contributed by atoms with Gasteiger partial charge in [0, 0.05) is 4.47 Å². The number of benzene rings is 1. The van der Waals surface area contributed by atoms with E-state index in [0.29, 0.717) is 16.5 Å². The van der Waals surface area contributed by atoms with Gasteiger partial charge in [0.15, 0.2) is 5.78 Å². The quantitative estimate of drug-likeness (QED) is 0.739. The molecule has 0 fully saturated rings. The number of Topliss-reactive ketones (excluding diaryl/α,β-unsaturated/α-hetero) is 1. The van der Waals surface area contributed by atoms with E-state index in [1.165, 1.54) is 0 Å². The van der Waals surface area contributed by atoms with E-state index in [4.69, 9.17) is 0 Å². The molecule has 0 atom stereocenters. The summed E-state index contributed by atoms with van der Waals surface area (Å²) in [6, 6.07) is 2.22. The maximum absolute atomic E-state index is 13.6. The average Bonchev–Trinajstić information content (AvgIpc) is 2.28. The Kier molecular flexibility index (Phi) is 3.72. The second kappa shape index (κ2) is 5.08. The van der Waals surface area contributed by atoms with Gasteiger partial charge in [-0.3, -0.25) is 4.79 Å². The Morgan fingerprint density at radius 3 is 2.35 bits per heavy atom. The Morgan fingerprint density at radius 2 is 1.82 bits per heavy atom. The van der Waals surface area contributed by atoms with Crippen molar-refractivity contribution in [3.63, 3.8) is 0 Å². The fourth-order valence-corrected chi connectivity index (χ4v) is 2.37. The Morgan fingerprint density at radius 1 is 1.18 bits per heavy atom. The minimum Gasteiger partial charge on any atom is -0.289 e. The van der Waals surface area contributed by atoms with E-state index in [1.54, 1.807) is 6.08 Å². The lowest BCUT2D eigenvalue weighted by Crippen LogP contribution is -2.11. The molecular weight excluding hydrogens is 290 g/mol. The van der Waals surface area contributed by atoms with Crippen LogP contribution in [0, 0.1) is 11.6 Å². The second-order valence-electron chi connectivity index (χ2n) is 4.05. The van der Waals surface area contributed by atoms with Crippen LogP contribution in [0.5, 0.6) is 0 Å². The normalized spacial score (nSPS) is 15.6. The van der Waals surface area contributed by atoms with Gasteiger partial charge in [-0.05, 0) is 43.4 Å². The summed E-state index contributed by atoms with van der Waals surface area (Å²) in [5, 5.41) is 0. The molecule has 1 nitrogen and oxygen atoms in total. The van der Waals surface area contributed by atoms with Crippen LogP contribution in [0.1, 0.15) is 36.0 Å². The van der Waals surface area contributed by atoms with E-state index in [9.17, 15) is 13.6 Å². The molecule has 0 radical (unpaired) electrons. The molecule has 0 unspecified atom stereocenters. The zero-order valence-corrected chi connectivity index (χ0v) is 10.7. The van der Waals surface area contributed by atoms with Gasteiger partial charge in [-0.15, -0.1) is 0 Å². The molecule has 17 heavy (non-hydrogen) atoms. The molecule has 1 aromatic rings. The van der Waals surface area contributed by atoms with Crippen LogP contribution in [-0.4, -0.2) is 5.78 Å². The van der Waals surface area contributed by atoms with Crippen molar-refractivity contribution in [1.82, 2.24) is 0 Å². The van der Waals surface area contributed by atoms with Crippen molar-refractivity contribution in [1.29, 1.82) is 0 Å². The summed E-state index contributed by atoms with van der Waals surface area (Å²) in [7, 11) is 0. The van der Waals surface area contributed by atoms with Gasteiger partial charge >= 0.3 is 0 Å². The summed E-state index contributed by atoms with van der Waals surface area (Å²) in [6.07, 6.45) is 5.13. The summed E-state index contributed by atoms with van der Waals surface area (Å²) in [5.74, 6) is -2.14. The number of hydrogen-bond donors (Lipinski definition) is 0. The van der Waals surface area contributed by atoms with E-state index >= 15 is 0 Å². The van der Waals surface area contributed by atoms with E-state index in [-0.39, 0.29) is 0 Å². The average molecular weight is 301 g/mol. The fourth-order valence-electron chi connectivity index (χ4n) is 1.96.